The van der Waals surface area contributed by atoms with Crippen LogP contribution in [0.15, 0.2) is 66.7 Å². The van der Waals surface area contributed by atoms with Gasteiger partial charge in [-0.15, -0.1) is 0 Å². The standard InChI is InChI=1S/C19H17IN2O3S/c1-26(24,25)22(16-11-9-15(20)10-12-16)13-19(23)21-18-8-4-6-14-5-2-3-7-17(14)18/h2-12H,13H2,1H3,(H,21,23). The molecule has 1 N–H and O–H groups in total. The predicted octanol–water partition coefficient (Wildman–Crippen LogP) is 3.85. The summed E-state index contributed by atoms with van der Waals surface area (Å²) in [7, 11) is -3.59. The molecule has 0 aromatic heterocycles. The zero-order valence-electron chi connectivity index (χ0n) is 14.0. The van der Waals surface area contributed by atoms with Crippen LogP contribution in [0.3, 0.4) is 0 Å². The van der Waals surface area contributed by atoms with E-state index in [1.54, 1.807) is 30.3 Å². The Labute approximate surface area is 166 Å². The predicted molar refractivity (Wildman–Crippen MR) is 114 cm³/mol. The average Bonchev–Trinajstić information content (AvgIpc) is 2.60. The van der Waals surface area contributed by atoms with Gasteiger partial charge in [0.15, 0.2) is 0 Å². The summed E-state index contributed by atoms with van der Waals surface area (Å²) in [5, 5.41) is 4.73. The number of hydrogen-bond donors (Lipinski definition) is 1. The monoisotopic (exact) mass is 480 g/mol. The molecule has 0 unspecified atom stereocenters. The highest BCUT2D eigenvalue weighted by Gasteiger charge is 2.21. The number of halogens is 1. The van der Waals surface area contributed by atoms with Crippen LogP contribution in [0.25, 0.3) is 10.8 Å². The summed E-state index contributed by atoms with van der Waals surface area (Å²) in [6, 6.07) is 20.3. The van der Waals surface area contributed by atoms with Gasteiger partial charge in [0.25, 0.3) is 0 Å². The molecule has 0 aliphatic heterocycles. The smallest absolute Gasteiger partial charge is 0.245 e. The first kappa shape index (κ1) is 18.7. The van der Waals surface area contributed by atoms with E-state index in [2.05, 4.69) is 27.9 Å². The first-order chi connectivity index (χ1) is 12.3. The molecule has 5 nitrogen and oxygen atoms in total. The molecule has 0 saturated heterocycles. The maximum Gasteiger partial charge on any atom is 0.245 e. The number of hydrogen-bond acceptors (Lipinski definition) is 3. The minimum absolute atomic E-state index is 0.289. The summed E-state index contributed by atoms with van der Waals surface area (Å²) in [6.07, 6.45) is 1.09. The van der Waals surface area contributed by atoms with E-state index in [0.29, 0.717) is 11.4 Å². The molecule has 0 fully saturated rings. The molecule has 3 aromatic carbocycles. The van der Waals surface area contributed by atoms with Crippen molar-refractivity contribution < 1.29 is 13.2 Å². The van der Waals surface area contributed by atoms with Gasteiger partial charge in [-0.25, -0.2) is 8.42 Å². The molecule has 134 valence electrons. The number of anilines is 2. The lowest BCUT2D eigenvalue weighted by Gasteiger charge is -2.22. The quantitative estimate of drug-likeness (QED) is 0.565. The number of carbonyl (C=O) groups excluding carboxylic acids is 1. The van der Waals surface area contributed by atoms with Crippen LogP contribution in [0.4, 0.5) is 11.4 Å². The van der Waals surface area contributed by atoms with Crippen molar-refractivity contribution in [3.63, 3.8) is 0 Å². The molecular formula is C19H17IN2O3S. The van der Waals surface area contributed by atoms with E-state index >= 15 is 0 Å². The third kappa shape index (κ3) is 4.34. The van der Waals surface area contributed by atoms with Crippen molar-refractivity contribution in [1.29, 1.82) is 0 Å². The molecular weight excluding hydrogens is 463 g/mol. The Morgan fingerprint density at radius 3 is 2.35 bits per heavy atom. The van der Waals surface area contributed by atoms with E-state index in [4.69, 9.17) is 0 Å². The Morgan fingerprint density at radius 2 is 1.65 bits per heavy atom. The van der Waals surface area contributed by atoms with Crippen molar-refractivity contribution in [3.05, 3.63) is 70.3 Å². The molecule has 0 atom stereocenters. The third-order valence-electron chi connectivity index (χ3n) is 3.87. The number of nitrogens with zero attached hydrogens (tertiary/aromatic N) is 1. The van der Waals surface area contributed by atoms with Crippen molar-refractivity contribution >= 4 is 60.7 Å². The molecule has 0 spiro atoms. The number of benzene rings is 3. The lowest BCUT2D eigenvalue weighted by Crippen LogP contribution is -2.37. The summed E-state index contributed by atoms with van der Waals surface area (Å²) in [5.41, 5.74) is 1.12. The van der Waals surface area contributed by atoms with Gasteiger partial charge < -0.3 is 5.32 Å². The maximum absolute atomic E-state index is 12.5. The summed E-state index contributed by atoms with van der Waals surface area (Å²) in [5.74, 6) is -0.398. The normalized spacial score (nSPS) is 11.3. The van der Waals surface area contributed by atoms with Crippen LogP contribution in [0, 0.1) is 3.57 Å². The highest BCUT2D eigenvalue weighted by molar-refractivity contribution is 14.1. The van der Waals surface area contributed by atoms with Crippen LogP contribution < -0.4 is 9.62 Å². The summed E-state index contributed by atoms with van der Waals surface area (Å²) in [6.45, 7) is -0.289. The van der Waals surface area contributed by atoms with E-state index in [1.165, 1.54) is 0 Å². The lowest BCUT2D eigenvalue weighted by atomic mass is 10.1. The van der Waals surface area contributed by atoms with Crippen molar-refractivity contribution in [3.8, 4) is 0 Å². The minimum atomic E-state index is -3.59. The van der Waals surface area contributed by atoms with Gasteiger partial charge in [-0.05, 0) is 58.3 Å². The molecule has 0 bridgehead atoms. The molecule has 0 aliphatic carbocycles. The van der Waals surface area contributed by atoms with Gasteiger partial charge in [0.2, 0.25) is 15.9 Å². The van der Waals surface area contributed by atoms with E-state index in [0.717, 1.165) is 24.9 Å². The molecule has 0 heterocycles. The van der Waals surface area contributed by atoms with Crippen molar-refractivity contribution in [2.75, 3.05) is 22.4 Å². The molecule has 7 heteroatoms. The fourth-order valence-corrected chi connectivity index (χ4v) is 3.88. The van der Waals surface area contributed by atoms with Crippen molar-refractivity contribution in [2.24, 2.45) is 0 Å². The van der Waals surface area contributed by atoms with Gasteiger partial charge in [0, 0.05) is 14.6 Å². The fourth-order valence-electron chi connectivity index (χ4n) is 2.66. The number of sulfonamides is 1. The third-order valence-corrected chi connectivity index (χ3v) is 5.73. The van der Waals surface area contributed by atoms with E-state index < -0.39 is 15.9 Å². The van der Waals surface area contributed by atoms with Crippen LogP contribution in [0.1, 0.15) is 0 Å². The van der Waals surface area contributed by atoms with Gasteiger partial charge in [-0.2, -0.15) is 0 Å². The fraction of sp³-hybridized carbons (Fsp3) is 0.105. The van der Waals surface area contributed by atoms with E-state index in [-0.39, 0.29) is 6.54 Å². The lowest BCUT2D eigenvalue weighted by molar-refractivity contribution is -0.114. The second kappa shape index (κ2) is 7.63. The van der Waals surface area contributed by atoms with Crippen LogP contribution in [0.5, 0.6) is 0 Å². The van der Waals surface area contributed by atoms with Gasteiger partial charge in [0.1, 0.15) is 6.54 Å². The first-order valence-electron chi connectivity index (χ1n) is 7.85. The van der Waals surface area contributed by atoms with Gasteiger partial charge in [-0.1, -0.05) is 36.4 Å². The average molecular weight is 480 g/mol. The minimum Gasteiger partial charge on any atom is -0.324 e. The van der Waals surface area contributed by atoms with Crippen LogP contribution in [-0.2, 0) is 14.8 Å². The van der Waals surface area contributed by atoms with E-state index in [1.807, 2.05) is 36.4 Å². The molecule has 3 rings (SSSR count). The van der Waals surface area contributed by atoms with Crippen LogP contribution >= 0.6 is 22.6 Å². The van der Waals surface area contributed by atoms with Crippen LogP contribution in [0.2, 0.25) is 0 Å². The molecule has 0 aliphatic rings. The molecule has 1 amide bonds. The molecule has 26 heavy (non-hydrogen) atoms. The Bertz CT molecular complexity index is 1040. The van der Waals surface area contributed by atoms with Crippen LogP contribution in [-0.4, -0.2) is 27.1 Å². The number of amides is 1. The Morgan fingerprint density at radius 1 is 1.00 bits per heavy atom. The number of nitrogens with one attached hydrogen (secondary N) is 1. The zero-order chi connectivity index (χ0) is 18.7. The largest absolute Gasteiger partial charge is 0.324 e. The molecule has 0 radical (unpaired) electrons. The van der Waals surface area contributed by atoms with Crippen molar-refractivity contribution in [2.45, 2.75) is 0 Å². The maximum atomic E-state index is 12.5. The molecule has 3 aromatic rings. The Hall–Kier alpha value is -2.13. The van der Waals surface area contributed by atoms with Crippen molar-refractivity contribution in [1.82, 2.24) is 0 Å². The summed E-state index contributed by atoms with van der Waals surface area (Å²) < 4.78 is 26.4. The second-order valence-corrected chi connectivity index (χ2v) is 8.97. The highest BCUT2D eigenvalue weighted by atomic mass is 127. The SMILES string of the molecule is CS(=O)(=O)N(CC(=O)Nc1cccc2ccccc12)c1ccc(I)cc1. The zero-order valence-corrected chi connectivity index (χ0v) is 17.0. The summed E-state index contributed by atoms with van der Waals surface area (Å²) >= 11 is 2.14. The Balaban J connectivity index is 1.85. The van der Waals surface area contributed by atoms with Gasteiger partial charge in [0.05, 0.1) is 11.9 Å². The second-order valence-electron chi connectivity index (χ2n) is 5.82. The number of fused-ring (bicyclic) bond motifs is 1. The highest BCUT2D eigenvalue weighted by Crippen LogP contribution is 2.24. The topological polar surface area (TPSA) is 66.5 Å². The van der Waals surface area contributed by atoms with Gasteiger partial charge >= 0.3 is 0 Å². The summed E-state index contributed by atoms with van der Waals surface area (Å²) in [4.78, 5) is 12.5. The Kier molecular flexibility index (Phi) is 5.47. The number of rotatable bonds is 5. The van der Waals surface area contributed by atoms with Gasteiger partial charge in [-0.3, -0.25) is 9.10 Å². The first-order valence-corrected chi connectivity index (χ1v) is 10.8. The molecule has 0 saturated carbocycles. The number of carbonyl (C=O) groups is 1. The van der Waals surface area contributed by atoms with E-state index in [9.17, 15) is 13.2 Å².